The molecule has 1 fully saturated rings. The first-order valence-electron chi connectivity index (χ1n) is 6.48. The number of rotatable bonds is 4. The van der Waals surface area contributed by atoms with Crippen molar-refractivity contribution in [3.8, 4) is 5.75 Å². The Bertz CT molecular complexity index is 431. The van der Waals surface area contributed by atoms with Crippen molar-refractivity contribution in [2.45, 2.75) is 6.42 Å². The van der Waals surface area contributed by atoms with Gasteiger partial charge < -0.3 is 14.5 Å². The number of nitrogens with zero attached hydrogens (tertiary/aromatic N) is 2. The Labute approximate surface area is 122 Å². The molecule has 0 N–H and O–H groups in total. The largest absolute Gasteiger partial charge is 0.495 e. The fraction of sp³-hybridized carbons (Fsp3) is 0.500. The summed E-state index contributed by atoms with van der Waals surface area (Å²) in [5.41, 5.74) is 1.11. The van der Waals surface area contributed by atoms with Crippen molar-refractivity contribution >= 4 is 27.5 Å². The molecule has 0 saturated carbocycles. The first-order valence-corrected chi connectivity index (χ1v) is 7.60. The average Bonchev–Trinajstić information content (AvgIpc) is 2.47. The lowest BCUT2D eigenvalue weighted by atomic mass is 10.2. The van der Waals surface area contributed by atoms with Crippen molar-refractivity contribution in [3.05, 3.63) is 24.3 Å². The maximum absolute atomic E-state index is 11.8. The number of anilines is 1. The quantitative estimate of drug-likeness (QED) is 0.795. The van der Waals surface area contributed by atoms with E-state index in [2.05, 4.69) is 26.9 Å². The Morgan fingerprint density at radius 3 is 2.58 bits per heavy atom. The highest BCUT2D eigenvalue weighted by atomic mass is 79.9. The van der Waals surface area contributed by atoms with Crippen molar-refractivity contribution in [3.63, 3.8) is 0 Å². The molecule has 19 heavy (non-hydrogen) atoms. The van der Waals surface area contributed by atoms with Crippen LogP contribution in [0.4, 0.5) is 5.69 Å². The SMILES string of the molecule is COc1ccccc1N1CCN(C(=O)CCBr)CC1. The van der Waals surface area contributed by atoms with Crippen LogP contribution in [-0.2, 0) is 4.79 Å². The molecular weight excluding hydrogens is 308 g/mol. The number of para-hydroxylation sites is 2. The summed E-state index contributed by atoms with van der Waals surface area (Å²) >= 11 is 3.31. The van der Waals surface area contributed by atoms with Crippen LogP contribution in [-0.4, -0.2) is 49.4 Å². The molecule has 1 heterocycles. The summed E-state index contributed by atoms with van der Waals surface area (Å²) in [7, 11) is 1.69. The van der Waals surface area contributed by atoms with E-state index in [0.29, 0.717) is 6.42 Å². The maximum Gasteiger partial charge on any atom is 0.223 e. The molecule has 1 aromatic rings. The highest BCUT2D eigenvalue weighted by Crippen LogP contribution is 2.28. The van der Waals surface area contributed by atoms with Gasteiger partial charge >= 0.3 is 0 Å². The van der Waals surface area contributed by atoms with E-state index in [1.54, 1.807) is 7.11 Å². The van der Waals surface area contributed by atoms with Crippen LogP contribution in [0.1, 0.15) is 6.42 Å². The number of amides is 1. The second-order valence-electron chi connectivity index (χ2n) is 4.48. The fourth-order valence-electron chi connectivity index (χ4n) is 2.33. The minimum Gasteiger partial charge on any atom is -0.495 e. The van der Waals surface area contributed by atoms with E-state index in [0.717, 1.165) is 42.9 Å². The third-order valence-electron chi connectivity index (χ3n) is 3.37. The van der Waals surface area contributed by atoms with Crippen LogP contribution in [0.25, 0.3) is 0 Å². The zero-order valence-electron chi connectivity index (χ0n) is 11.1. The number of carbonyl (C=O) groups excluding carboxylic acids is 1. The highest BCUT2D eigenvalue weighted by molar-refractivity contribution is 9.09. The lowest BCUT2D eigenvalue weighted by molar-refractivity contribution is -0.131. The Hall–Kier alpha value is -1.23. The summed E-state index contributed by atoms with van der Waals surface area (Å²) in [6.07, 6.45) is 0.578. The molecule has 0 bridgehead atoms. The van der Waals surface area contributed by atoms with Crippen LogP contribution in [0.15, 0.2) is 24.3 Å². The standard InChI is InChI=1S/C14H19BrN2O2/c1-19-13-5-3-2-4-12(13)16-8-10-17(11-9-16)14(18)6-7-15/h2-5H,6-11H2,1H3. The van der Waals surface area contributed by atoms with Crippen LogP contribution in [0.2, 0.25) is 0 Å². The number of halogens is 1. The van der Waals surface area contributed by atoms with Crippen molar-refractivity contribution in [2.24, 2.45) is 0 Å². The van der Waals surface area contributed by atoms with Crippen molar-refractivity contribution in [1.29, 1.82) is 0 Å². The normalized spacial score (nSPS) is 15.5. The number of hydrogen-bond acceptors (Lipinski definition) is 3. The van der Waals surface area contributed by atoms with E-state index in [4.69, 9.17) is 4.74 Å². The van der Waals surface area contributed by atoms with Crippen molar-refractivity contribution in [1.82, 2.24) is 4.90 Å². The Kier molecular flexibility index (Phi) is 5.07. The lowest BCUT2D eigenvalue weighted by Crippen LogP contribution is -2.48. The third-order valence-corrected chi connectivity index (χ3v) is 3.76. The van der Waals surface area contributed by atoms with Crippen LogP contribution < -0.4 is 9.64 Å². The van der Waals surface area contributed by atoms with E-state index in [1.807, 2.05) is 23.1 Å². The molecule has 2 rings (SSSR count). The predicted molar refractivity (Wildman–Crippen MR) is 80.2 cm³/mol. The number of methoxy groups -OCH3 is 1. The van der Waals surface area contributed by atoms with Gasteiger partial charge in [-0.3, -0.25) is 4.79 Å². The number of benzene rings is 1. The predicted octanol–water partition coefficient (Wildman–Crippen LogP) is 2.13. The molecule has 0 radical (unpaired) electrons. The summed E-state index contributed by atoms with van der Waals surface area (Å²) in [6, 6.07) is 8.02. The Balaban J connectivity index is 1.98. The fourth-order valence-corrected chi connectivity index (χ4v) is 2.67. The number of piperazine rings is 1. The van der Waals surface area contributed by atoms with E-state index < -0.39 is 0 Å². The van der Waals surface area contributed by atoms with E-state index in [1.165, 1.54) is 0 Å². The van der Waals surface area contributed by atoms with Crippen molar-refractivity contribution < 1.29 is 9.53 Å². The average molecular weight is 327 g/mol. The van der Waals surface area contributed by atoms with Crippen LogP contribution in [0.3, 0.4) is 0 Å². The zero-order chi connectivity index (χ0) is 13.7. The third kappa shape index (κ3) is 3.41. The van der Waals surface area contributed by atoms with Gasteiger partial charge in [-0.25, -0.2) is 0 Å². The molecule has 0 aromatic heterocycles. The molecule has 0 unspecified atom stereocenters. The highest BCUT2D eigenvalue weighted by Gasteiger charge is 2.22. The van der Waals surface area contributed by atoms with E-state index in [-0.39, 0.29) is 5.91 Å². The van der Waals surface area contributed by atoms with Crippen LogP contribution in [0, 0.1) is 0 Å². The summed E-state index contributed by atoms with van der Waals surface area (Å²) in [4.78, 5) is 16.0. The molecule has 1 aliphatic heterocycles. The van der Waals surface area contributed by atoms with Gasteiger partial charge in [0.2, 0.25) is 5.91 Å². The molecule has 4 nitrogen and oxygen atoms in total. The molecule has 0 aliphatic carbocycles. The number of alkyl halides is 1. The molecule has 5 heteroatoms. The first-order chi connectivity index (χ1) is 9.26. The van der Waals surface area contributed by atoms with Crippen molar-refractivity contribution in [2.75, 3.05) is 43.5 Å². The summed E-state index contributed by atoms with van der Waals surface area (Å²) in [5.74, 6) is 1.12. The topological polar surface area (TPSA) is 32.8 Å². The number of ether oxygens (including phenoxy) is 1. The van der Waals surface area contributed by atoms with Gasteiger partial charge in [-0.05, 0) is 12.1 Å². The van der Waals surface area contributed by atoms with E-state index in [9.17, 15) is 4.79 Å². The summed E-state index contributed by atoms with van der Waals surface area (Å²) in [5, 5.41) is 0.735. The maximum atomic E-state index is 11.8. The number of carbonyl (C=O) groups is 1. The van der Waals surface area contributed by atoms with Gasteiger partial charge in [0.1, 0.15) is 5.75 Å². The molecule has 1 amide bonds. The first kappa shape index (κ1) is 14.2. The van der Waals surface area contributed by atoms with Gasteiger partial charge in [0, 0.05) is 37.9 Å². The van der Waals surface area contributed by atoms with Gasteiger partial charge in [0.25, 0.3) is 0 Å². The number of hydrogen-bond donors (Lipinski definition) is 0. The van der Waals surface area contributed by atoms with Crippen LogP contribution in [0.5, 0.6) is 5.75 Å². The molecule has 0 spiro atoms. The minimum absolute atomic E-state index is 0.233. The molecule has 104 valence electrons. The van der Waals surface area contributed by atoms with Gasteiger partial charge in [-0.2, -0.15) is 0 Å². The summed E-state index contributed by atoms with van der Waals surface area (Å²) in [6.45, 7) is 3.27. The minimum atomic E-state index is 0.233. The molecule has 0 atom stereocenters. The van der Waals surface area contributed by atoms with Gasteiger partial charge in [-0.15, -0.1) is 0 Å². The zero-order valence-corrected chi connectivity index (χ0v) is 12.7. The monoisotopic (exact) mass is 326 g/mol. The summed E-state index contributed by atoms with van der Waals surface area (Å²) < 4.78 is 5.38. The molecule has 1 aliphatic rings. The Morgan fingerprint density at radius 1 is 1.26 bits per heavy atom. The van der Waals surface area contributed by atoms with E-state index >= 15 is 0 Å². The van der Waals surface area contributed by atoms with Gasteiger partial charge in [0.15, 0.2) is 0 Å². The second kappa shape index (κ2) is 6.80. The van der Waals surface area contributed by atoms with Crippen LogP contribution >= 0.6 is 15.9 Å². The Morgan fingerprint density at radius 2 is 1.95 bits per heavy atom. The molecule has 1 saturated heterocycles. The molecular formula is C14H19BrN2O2. The van der Waals surface area contributed by atoms with Gasteiger partial charge in [0.05, 0.1) is 12.8 Å². The second-order valence-corrected chi connectivity index (χ2v) is 5.27. The van der Waals surface area contributed by atoms with Gasteiger partial charge in [-0.1, -0.05) is 28.1 Å². The molecule has 1 aromatic carbocycles. The smallest absolute Gasteiger partial charge is 0.223 e. The lowest BCUT2D eigenvalue weighted by Gasteiger charge is -2.36.